The van der Waals surface area contributed by atoms with Gasteiger partial charge in [-0.1, -0.05) is 0 Å². The van der Waals surface area contributed by atoms with Gasteiger partial charge >= 0.3 is 5.97 Å². The number of hydrogen-bond acceptors (Lipinski definition) is 2. The van der Waals surface area contributed by atoms with Gasteiger partial charge in [-0.3, -0.25) is 4.79 Å². The topological polar surface area (TPSA) is 51.5 Å². The summed E-state index contributed by atoms with van der Waals surface area (Å²) >= 11 is 0. The predicted octanol–water partition coefficient (Wildman–Crippen LogP) is 2.51. The molecule has 18 heavy (non-hydrogen) atoms. The van der Waals surface area contributed by atoms with Crippen molar-refractivity contribution in [1.29, 1.82) is 0 Å². The summed E-state index contributed by atoms with van der Waals surface area (Å²) in [5, 5.41) is 9.94. The number of rotatable bonds is 4. The van der Waals surface area contributed by atoms with Gasteiger partial charge in [0.15, 0.2) is 0 Å². The summed E-state index contributed by atoms with van der Waals surface area (Å²) in [6.45, 7) is 2.03. The normalized spacial score (nSPS) is 10.8. The highest BCUT2D eigenvalue weighted by molar-refractivity contribution is 5.86. The van der Waals surface area contributed by atoms with Crippen molar-refractivity contribution in [3.8, 4) is 5.75 Å². The molecule has 0 saturated heterocycles. The molecule has 0 atom stereocenters. The molecule has 96 valence electrons. The van der Waals surface area contributed by atoms with Gasteiger partial charge in [-0.2, -0.15) is 0 Å². The van der Waals surface area contributed by atoms with Crippen LogP contribution in [0.25, 0.3) is 10.9 Å². The van der Waals surface area contributed by atoms with Crippen molar-refractivity contribution in [3.05, 3.63) is 29.5 Å². The number of carboxylic acid groups (broad SMARTS) is 1. The Hall–Kier alpha value is -1.97. The monoisotopic (exact) mass is 247 g/mol. The quantitative estimate of drug-likeness (QED) is 0.903. The van der Waals surface area contributed by atoms with Crippen molar-refractivity contribution >= 4 is 16.9 Å². The minimum Gasteiger partial charge on any atom is -0.497 e. The zero-order chi connectivity index (χ0) is 13.3. The van der Waals surface area contributed by atoms with Crippen LogP contribution in [-0.4, -0.2) is 22.8 Å². The van der Waals surface area contributed by atoms with Crippen LogP contribution in [0.15, 0.2) is 18.2 Å². The molecule has 0 unspecified atom stereocenters. The average molecular weight is 247 g/mol. The smallest absolute Gasteiger partial charge is 0.303 e. The van der Waals surface area contributed by atoms with E-state index in [4.69, 9.17) is 9.84 Å². The van der Waals surface area contributed by atoms with Crippen LogP contribution in [0, 0.1) is 6.92 Å². The standard InChI is InChI=1S/C14H17NO3/c1-9-11-5-4-10(18-3)8-13(11)15(2)12(9)6-7-14(16)17/h4-5,8H,6-7H2,1-3H3,(H,16,17). The second kappa shape index (κ2) is 4.72. The first kappa shape index (κ1) is 12.5. The maximum atomic E-state index is 10.7. The van der Waals surface area contributed by atoms with Crippen LogP contribution in [0.4, 0.5) is 0 Å². The van der Waals surface area contributed by atoms with E-state index in [0.717, 1.165) is 27.9 Å². The molecule has 0 radical (unpaired) electrons. The Kier molecular flexibility index (Phi) is 3.28. The number of aryl methyl sites for hydroxylation is 2. The number of aromatic nitrogens is 1. The van der Waals surface area contributed by atoms with Gasteiger partial charge in [-0.15, -0.1) is 0 Å². The van der Waals surface area contributed by atoms with Crippen molar-refractivity contribution in [1.82, 2.24) is 4.57 Å². The van der Waals surface area contributed by atoms with Crippen LogP contribution in [0.3, 0.4) is 0 Å². The van der Waals surface area contributed by atoms with Gasteiger partial charge in [0, 0.05) is 24.2 Å². The fraction of sp³-hybridized carbons (Fsp3) is 0.357. The maximum absolute atomic E-state index is 10.7. The number of methoxy groups -OCH3 is 1. The van der Waals surface area contributed by atoms with Crippen molar-refractivity contribution in [2.45, 2.75) is 19.8 Å². The Morgan fingerprint density at radius 2 is 2.17 bits per heavy atom. The first-order valence-corrected chi connectivity index (χ1v) is 5.88. The number of carbonyl (C=O) groups is 1. The molecule has 0 fully saturated rings. The van der Waals surface area contributed by atoms with Gasteiger partial charge in [-0.05, 0) is 31.0 Å². The van der Waals surface area contributed by atoms with Gasteiger partial charge in [0.1, 0.15) is 5.75 Å². The van der Waals surface area contributed by atoms with Gasteiger partial charge in [0.25, 0.3) is 0 Å². The molecule has 2 rings (SSSR count). The number of benzene rings is 1. The number of nitrogens with zero attached hydrogens (tertiary/aromatic N) is 1. The maximum Gasteiger partial charge on any atom is 0.303 e. The van der Waals surface area contributed by atoms with E-state index in [-0.39, 0.29) is 6.42 Å². The number of hydrogen-bond donors (Lipinski definition) is 1. The number of ether oxygens (including phenoxy) is 1. The van der Waals surface area contributed by atoms with Crippen LogP contribution >= 0.6 is 0 Å². The lowest BCUT2D eigenvalue weighted by atomic mass is 10.1. The lowest BCUT2D eigenvalue weighted by Crippen LogP contribution is -2.03. The second-order valence-corrected chi connectivity index (χ2v) is 4.41. The van der Waals surface area contributed by atoms with Gasteiger partial charge < -0.3 is 14.4 Å². The molecule has 0 saturated carbocycles. The molecular formula is C14H17NO3. The highest BCUT2D eigenvalue weighted by Crippen LogP contribution is 2.28. The van der Waals surface area contributed by atoms with E-state index in [0.29, 0.717) is 6.42 Å². The third kappa shape index (κ3) is 2.06. The van der Waals surface area contributed by atoms with Crippen molar-refractivity contribution in [2.75, 3.05) is 7.11 Å². The molecule has 0 spiro atoms. The van der Waals surface area contributed by atoms with Crippen molar-refractivity contribution in [3.63, 3.8) is 0 Å². The van der Waals surface area contributed by atoms with Gasteiger partial charge in [0.05, 0.1) is 19.0 Å². The second-order valence-electron chi connectivity index (χ2n) is 4.41. The first-order valence-electron chi connectivity index (χ1n) is 5.88. The largest absolute Gasteiger partial charge is 0.497 e. The number of aliphatic carboxylic acids is 1. The van der Waals surface area contributed by atoms with E-state index in [2.05, 4.69) is 4.57 Å². The summed E-state index contributed by atoms with van der Waals surface area (Å²) in [5.74, 6) is 0.0464. The van der Waals surface area contributed by atoms with Gasteiger partial charge in [-0.25, -0.2) is 0 Å². The summed E-state index contributed by atoms with van der Waals surface area (Å²) in [7, 11) is 3.61. The van der Waals surface area contributed by atoms with Crippen molar-refractivity contribution < 1.29 is 14.6 Å². The summed E-state index contributed by atoms with van der Waals surface area (Å²) in [5.41, 5.74) is 3.30. The Morgan fingerprint density at radius 1 is 1.44 bits per heavy atom. The molecule has 0 aliphatic heterocycles. The van der Waals surface area contributed by atoms with Crippen LogP contribution in [0.2, 0.25) is 0 Å². The molecule has 1 N–H and O–H groups in total. The van der Waals surface area contributed by atoms with E-state index in [1.807, 2.05) is 32.2 Å². The number of carboxylic acids is 1. The molecule has 4 nitrogen and oxygen atoms in total. The summed E-state index contributed by atoms with van der Waals surface area (Å²) in [4.78, 5) is 10.7. The Balaban J connectivity index is 2.51. The van der Waals surface area contributed by atoms with Crippen LogP contribution in [0.1, 0.15) is 17.7 Å². The molecule has 2 aromatic rings. The summed E-state index contributed by atoms with van der Waals surface area (Å²) in [6, 6.07) is 5.93. The minimum atomic E-state index is -0.766. The lowest BCUT2D eigenvalue weighted by molar-refractivity contribution is -0.136. The molecule has 0 amide bonds. The van der Waals surface area contributed by atoms with E-state index in [1.165, 1.54) is 0 Å². The third-order valence-corrected chi connectivity index (χ3v) is 3.38. The van der Waals surface area contributed by atoms with E-state index in [9.17, 15) is 4.79 Å². The summed E-state index contributed by atoms with van der Waals surface area (Å²) < 4.78 is 7.27. The molecule has 1 heterocycles. The molecule has 1 aromatic heterocycles. The van der Waals surface area contributed by atoms with E-state index < -0.39 is 5.97 Å². The highest BCUT2D eigenvalue weighted by Gasteiger charge is 2.13. The third-order valence-electron chi connectivity index (χ3n) is 3.38. The fourth-order valence-corrected chi connectivity index (χ4v) is 2.37. The minimum absolute atomic E-state index is 0.155. The number of fused-ring (bicyclic) bond motifs is 1. The summed E-state index contributed by atoms with van der Waals surface area (Å²) in [6.07, 6.45) is 0.705. The zero-order valence-corrected chi connectivity index (χ0v) is 10.9. The van der Waals surface area contributed by atoms with E-state index in [1.54, 1.807) is 7.11 Å². The van der Waals surface area contributed by atoms with Crippen LogP contribution < -0.4 is 4.74 Å². The van der Waals surface area contributed by atoms with Crippen LogP contribution in [-0.2, 0) is 18.3 Å². The fourth-order valence-electron chi connectivity index (χ4n) is 2.37. The molecule has 4 heteroatoms. The van der Waals surface area contributed by atoms with Crippen LogP contribution in [0.5, 0.6) is 5.75 Å². The molecular weight excluding hydrogens is 230 g/mol. The Bertz CT molecular complexity index is 599. The SMILES string of the molecule is COc1ccc2c(C)c(CCC(=O)O)n(C)c2c1. The predicted molar refractivity (Wildman–Crippen MR) is 70.2 cm³/mol. The van der Waals surface area contributed by atoms with Crippen molar-refractivity contribution in [2.24, 2.45) is 7.05 Å². The van der Waals surface area contributed by atoms with E-state index >= 15 is 0 Å². The Morgan fingerprint density at radius 3 is 2.78 bits per heavy atom. The Labute approximate surface area is 106 Å². The zero-order valence-electron chi connectivity index (χ0n) is 10.9. The molecule has 1 aromatic carbocycles. The average Bonchev–Trinajstić information content (AvgIpc) is 2.59. The highest BCUT2D eigenvalue weighted by atomic mass is 16.5. The molecule has 0 aliphatic carbocycles. The lowest BCUT2D eigenvalue weighted by Gasteiger charge is -2.04. The molecule has 0 bridgehead atoms. The first-order chi connectivity index (χ1) is 8.54. The molecule has 0 aliphatic rings. The van der Waals surface area contributed by atoms with Gasteiger partial charge in [0.2, 0.25) is 0 Å².